The highest BCUT2D eigenvalue weighted by Gasteiger charge is 2.44. The molecule has 1 heterocycles. The van der Waals surface area contributed by atoms with Gasteiger partial charge in [-0.05, 0) is 12.1 Å². The second-order valence-electron chi connectivity index (χ2n) is 2.59. The van der Waals surface area contributed by atoms with Crippen molar-refractivity contribution in [2.24, 2.45) is 0 Å². The van der Waals surface area contributed by atoms with E-state index in [4.69, 9.17) is 0 Å². The number of aromatic carboxylic acids is 1. The summed E-state index contributed by atoms with van der Waals surface area (Å²) in [5.74, 6) is -2.41. The van der Waals surface area contributed by atoms with Crippen LogP contribution in [-0.2, 0) is 0 Å². The van der Waals surface area contributed by atoms with Crippen LogP contribution in [0.2, 0.25) is 0 Å². The highest BCUT2D eigenvalue weighted by Crippen LogP contribution is 2.42. The van der Waals surface area contributed by atoms with Crippen LogP contribution in [-0.4, -0.2) is 12.3 Å². The number of carboxylic acids is 1. The van der Waals surface area contributed by atoms with Crippen LogP contribution in [0.5, 0.6) is 11.5 Å². The molecule has 0 fully saturated rings. The number of hydrogen-bond acceptors (Lipinski definition) is 4. The Kier molecular flexibility index (Phi) is 1.60. The van der Waals surface area contributed by atoms with Crippen molar-refractivity contribution in [3.63, 3.8) is 0 Å². The van der Waals surface area contributed by atoms with Crippen molar-refractivity contribution in [1.82, 2.24) is 0 Å². The topological polar surface area (TPSA) is 58.6 Å². The zero-order valence-corrected chi connectivity index (χ0v) is 6.62. The molecule has 14 heavy (non-hydrogen) atoms. The molecule has 74 valence electrons. The Labute approximate surface area is 76.7 Å². The molecule has 2 rings (SSSR count). The number of carboxylic acid groups (broad SMARTS) is 1. The molecule has 1 aliphatic heterocycles. The number of hydrogen-bond donors (Lipinski definition) is 0. The standard InChI is InChI=1S/C8H4F2O4/c9-8(10)13-5-3-1-2-4(7(11)12)6(5)14-8/h1-3H,(H,11,12)/p-1. The van der Waals surface area contributed by atoms with Gasteiger partial charge >= 0.3 is 6.29 Å². The fourth-order valence-electron chi connectivity index (χ4n) is 1.13. The van der Waals surface area contributed by atoms with Crippen molar-refractivity contribution in [3.05, 3.63) is 23.8 Å². The molecule has 0 spiro atoms. The lowest BCUT2D eigenvalue weighted by molar-refractivity contribution is -0.287. The highest BCUT2D eigenvalue weighted by atomic mass is 19.3. The van der Waals surface area contributed by atoms with E-state index in [1.807, 2.05) is 0 Å². The van der Waals surface area contributed by atoms with Crippen molar-refractivity contribution in [3.8, 4) is 11.5 Å². The average molecular weight is 201 g/mol. The molecule has 0 aromatic heterocycles. The molecule has 0 amide bonds. The first-order chi connectivity index (χ1) is 6.49. The number of halogens is 2. The van der Waals surface area contributed by atoms with Crippen LogP contribution in [0.3, 0.4) is 0 Å². The van der Waals surface area contributed by atoms with E-state index in [2.05, 4.69) is 9.47 Å². The third-order valence-corrected chi connectivity index (χ3v) is 1.65. The monoisotopic (exact) mass is 201 g/mol. The number of fused-ring (bicyclic) bond motifs is 1. The summed E-state index contributed by atoms with van der Waals surface area (Å²) in [4.78, 5) is 10.5. The number of benzene rings is 1. The van der Waals surface area contributed by atoms with Crippen LogP contribution >= 0.6 is 0 Å². The molecule has 0 N–H and O–H groups in total. The van der Waals surface area contributed by atoms with Crippen molar-refractivity contribution >= 4 is 5.97 Å². The number of alkyl halides is 2. The molecular weight excluding hydrogens is 198 g/mol. The molecule has 0 unspecified atom stereocenters. The van der Waals surface area contributed by atoms with E-state index in [0.717, 1.165) is 6.07 Å². The van der Waals surface area contributed by atoms with Crippen molar-refractivity contribution in [2.45, 2.75) is 6.29 Å². The van der Waals surface area contributed by atoms with Gasteiger partial charge in [0.2, 0.25) is 0 Å². The maximum Gasteiger partial charge on any atom is 0.586 e. The van der Waals surface area contributed by atoms with Gasteiger partial charge in [0.15, 0.2) is 11.5 Å². The van der Waals surface area contributed by atoms with Crippen molar-refractivity contribution in [1.29, 1.82) is 0 Å². The van der Waals surface area contributed by atoms with Crippen molar-refractivity contribution in [2.75, 3.05) is 0 Å². The Morgan fingerprint density at radius 3 is 2.71 bits per heavy atom. The molecule has 0 saturated carbocycles. The predicted molar refractivity (Wildman–Crippen MR) is 37.0 cm³/mol. The van der Waals surface area contributed by atoms with Crippen LogP contribution in [0.1, 0.15) is 10.4 Å². The normalized spacial score (nSPS) is 16.7. The average Bonchev–Trinajstić information content (AvgIpc) is 2.36. The van der Waals surface area contributed by atoms with Gasteiger partial charge in [-0.2, -0.15) is 0 Å². The van der Waals surface area contributed by atoms with E-state index >= 15 is 0 Å². The van der Waals surface area contributed by atoms with E-state index in [9.17, 15) is 18.7 Å². The molecule has 6 heteroatoms. The minimum atomic E-state index is -3.81. The summed E-state index contributed by atoms with van der Waals surface area (Å²) in [5.41, 5.74) is -0.459. The number of para-hydroxylation sites is 1. The van der Waals surface area contributed by atoms with Crippen LogP contribution in [0.4, 0.5) is 8.78 Å². The molecule has 1 aromatic carbocycles. The summed E-state index contributed by atoms with van der Waals surface area (Å²) in [6.45, 7) is 0. The Balaban J connectivity index is 2.52. The number of carbonyl (C=O) groups excluding carboxylic acids is 1. The molecule has 4 nitrogen and oxygen atoms in total. The van der Waals surface area contributed by atoms with Gasteiger partial charge < -0.3 is 19.4 Å². The summed E-state index contributed by atoms with van der Waals surface area (Å²) in [5, 5.41) is 10.5. The Morgan fingerprint density at radius 1 is 1.36 bits per heavy atom. The first kappa shape index (κ1) is 8.74. The van der Waals surface area contributed by atoms with Gasteiger partial charge in [0.25, 0.3) is 0 Å². The second-order valence-corrected chi connectivity index (χ2v) is 2.59. The summed E-state index contributed by atoms with van der Waals surface area (Å²) in [6.07, 6.45) is -3.81. The van der Waals surface area contributed by atoms with Crippen LogP contribution in [0, 0.1) is 0 Å². The summed E-state index contributed by atoms with van der Waals surface area (Å²) < 4.78 is 33.1. The van der Waals surface area contributed by atoms with E-state index < -0.39 is 23.6 Å². The third kappa shape index (κ3) is 1.24. The lowest BCUT2D eigenvalue weighted by Gasteiger charge is -2.06. The Hall–Kier alpha value is -1.85. The molecule has 0 saturated heterocycles. The van der Waals surface area contributed by atoms with Crippen molar-refractivity contribution < 1.29 is 28.2 Å². The lowest BCUT2D eigenvalue weighted by Crippen LogP contribution is -2.27. The zero-order chi connectivity index (χ0) is 10.3. The molecule has 1 aromatic rings. The maximum absolute atomic E-state index is 12.5. The molecular formula is C8H3F2O4-. The molecule has 0 radical (unpaired) electrons. The van der Waals surface area contributed by atoms with Crippen LogP contribution < -0.4 is 14.6 Å². The van der Waals surface area contributed by atoms with E-state index in [0.29, 0.717) is 0 Å². The fraction of sp³-hybridized carbons (Fsp3) is 0.125. The Bertz CT molecular complexity index is 402. The van der Waals surface area contributed by atoms with Gasteiger partial charge in [-0.1, -0.05) is 6.07 Å². The van der Waals surface area contributed by atoms with Crippen LogP contribution in [0.15, 0.2) is 18.2 Å². The third-order valence-electron chi connectivity index (χ3n) is 1.65. The molecule has 0 atom stereocenters. The molecule has 0 bridgehead atoms. The number of carbonyl (C=O) groups is 1. The van der Waals surface area contributed by atoms with Gasteiger partial charge in [-0.3, -0.25) is 0 Å². The van der Waals surface area contributed by atoms with Gasteiger partial charge in [0, 0.05) is 5.56 Å². The van der Waals surface area contributed by atoms with Crippen LogP contribution in [0.25, 0.3) is 0 Å². The van der Waals surface area contributed by atoms with E-state index in [1.54, 1.807) is 0 Å². The lowest BCUT2D eigenvalue weighted by atomic mass is 10.2. The second kappa shape index (κ2) is 2.57. The maximum atomic E-state index is 12.5. The SMILES string of the molecule is O=C([O-])c1cccc2c1OC(F)(F)O2. The van der Waals surface area contributed by atoms with E-state index in [-0.39, 0.29) is 5.75 Å². The molecule has 1 aliphatic rings. The highest BCUT2D eigenvalue weighted by molar-refractivity contribution is 5.90. The minimum Gasteiger partial charge on any atom is -0.545 e. The van der Waals surface area contributed by atoms with Gasteiger partial charge in [0.1, 0.15) is 0 Å². The summed E-state index contributed by atoms with van der Waals surface area (Å²) in [7, 11) is 0. The summed E-state index contributed by atoms with van der Waals surface area (Å²) >= 11 is 0. The fourth-order valence-corrected chi connectivity index (χ4v) is 1.13. The largest absolute Gasteiger partial charge is 0.586 e. The summed E-state index contributed by atoms with van der Waals surface area (Å²) in [6, 6.07) is 3.54. The number of rotatable bonds is 1. The number of ether oxygens (including phenoxy) is 2. The quantitative estimate of drug-likeness (QED) is 0.658. The Morgan fingerprint density at radius 2 is 2.07 bits per heavy atom. The first-order valence-electron chi connectivity index (χ1n) is 3.60. The predicted octanol–water partition coefficient (Wildman–Crippen LogP) is 0.372. The van der Waals surface area contributed by atoms with E-state index in [1.165, 1.54) is 12.1 Å². The van der Waals surface area contributed by atoms with Gasteiger partial charge in [-0.25, -0.2) is 0 Å². The zero-order valence-electron chi connectivity index (χ0n) is 6.62. The van der Waals surface area contributed by atoms with Gasteiger partial charge in [-0.15, -0.1) is 8.78 Å². The smallest absolute Gasteiger partial charge is 0.545 e. The first-order valence-corrected chi connectivity index (χ1v) is 3.60. The minimum absolute atomic E-state index is 0.309. The molecule has 0 aliphatic carbocycles. The van der Waals surface area contributed by atoms with Gasteiger partial charge in [0.05, 0.1) is 5.97 Å².